The van der Waals surface area contributed by atoms with Gasteiger partial charge in [0.2, 0.25) is 0 Å². The molecule has 27 heavy (non-hydrogen) atoms. The Morgan fingerprint density at radius 1 is 0.963 bits per heavy atom. The summed E-state index contributed by atoms with van der Waals surface area (Å²) in [5.74, 6) is -1.98. The quantitative estimate of drug-likeness (QED) is 0.546. The Morgan fingerprint density at radius 2 is 1.67 bits per heavy atom. The predicted octanol–water partition coefficient (Wildman–Crippen LogP) is 3.14. The molecule has 0 saturated carbocycles. The highest BCUT2D eigenvalue weighted by atomic mass is 16.5. The Hall–Kier alpha value is -3.35. The molecule has 0 saturated heterocycles. The minimum atomic E-state index is -0.798. The second kappa shape index (κ2) is 9.96. The van der Waals surface area contributed by atoms with Gasteiger partial charge in [0.1, 0.15) is 11.3 Å². The molecule has 0 atom stereocenters. The number of benzene rings is 2. The molecule has 0 aromatic heterocycles. The first-order valence-electron chi connectivity index (χ1n) is 8.53. The lowest BCUT2D eigenvalue weighted by Gasteiger charge is -2.08. The third-order valence-corrected chi connectivity index (χ3v) is 3.59. The van der Waals surface area contributed by atoms with E-state index in [2.05, 4.69) is 5.32 Å². The fraction of sp³-hybridized carbons (Fsp3) is 0.250. The van der Waals surface area contributed by atoms with Crippen LogP contribution in [0.3, 0.4) is 0 Å². The molecule has 0 heterocycles. The van der Waals surface area contributed by atoms with Crippen LogP contribution < -0.4 is 5.32 Å². The number of rotatable bonds is 8. The zero-order valence-electron chi connectivity index (χ0n) is 14.9. The van der Waals surface area contributed by atoms with Crippen molar-refractivity contribution < 1.29 is 29.0 Å². The van der Waals surface area contributed by atoms with Crippen molar-refractivity contribution in [3.05, 3.63) is 59.7 Å². The number of nitrogens with one attached hydrogen (secondary N) is 1. The highest BCUT2D eigenvalue weighted by molar-refractivity contribution is 5.97. The number of esters is 2. The van der Waals surface area contributed by atoms with Crippen molar-refractivity contribution in [1.29, 1.82) is 0 Å². The maximum atomic E-state index is 11.9. The van der Waals surface area contributed by atoms with Crippen molar-refractivity contribution in [3.8, 4) is 5.75 Å². The Kier molecular flexibility index (Phi) is 7.37. The van der Waals surface area contributed by atoms with Gasteiger partial charge in [0.15, 0.2) is 6.61 Å². The molecular formula is C20H21NO6. The summed E-state index contributed by atoms with van der Waals surface area (Å²) in [6, 6.07) is 12.1. The number of carbonyl (C=O) groups is 3. The maximum absolute atomic E-state index is 11.9. The fourth-order valence-corrected chi connectivity index (χ4v) is 2.13. The molecule has 0 radical (unpaired) electrons. The first kappa shape index (κ1) is 20.0. The number of ether oxygens (including phenoxy) is 2. The molecule has 0 spiro atoms. The van der Waals surface area contributed by atoms with Gasteiger partial charge in [0.25, 0.3) is 5.91 Å². The van der Waals surface area contributed by atoms with Crippen molar-refractivity contribution in [3.63, 3.8) is 0 Å². The number of unbranched alkanes of at least 4 members (excludes halogenated alkanes) is 1. The number of phenolic OH excluding ortho intramolecular Hbond substituents is 1. The summed E-state index contributed by atoms with van der Waals surface area (Å²) >= 11 is 0. The van der Waals surface area contributed by atoms with Crippen LogP contribution in [0.1, 0.15) is 40.5 Å². The molecule has 0 aliphatic heterocycles. The lowest BCUT2D eigenvalue weighted by molar-refractivity contribution is -0.119. The molecule has 2 rings (SSSR count). The van der Waals surface area contributed by atoms with Gasteiger partial charge in [-0.05, 0) is 42.8 Å². The Morgan fingerprint density at radius 3 is 2.33 bits per heavy atom. The van der Waals surface area contributed by atoms with Crippen molar-refractivity contribution in [2.75, 3.05) is 18.5 Å². The van der Waals surface area contributed by atoms with Gasteiger partial charge >= 0.3 is 11.9 Å². The van der Waals surface area contributed by atoms with Crippen molar-refractivity contribution >= 4 is 23.5 Å². The summed E-state index contributed by atoms with van der Waals surface area (Å²) in [6.45, 7) is 1.87. The molecule has 0 fully saturated rings. The normalized spacial score (nSPS) is 10.1. The van der Waals surface area contributed by atoms with E-state index in [1.807, 2.05) is 6.92 Å². The molecule has 7 heteroatoms. The smallest absolute Gasteiger partial charge is 0.342 e. The lowest BCUT2D eigenvalue weighted by atomic mass is 10.2. The van der Waals surface area contributed by atoms with Crippen LogP contribution in [-0.4, -0.2) is 36.2 Å². The molecule has 2 aromatic carbocycles. The van der Waals surface area contributed by atoms with Crippen LogP contribution in [0, 0.1) is 0 Å². The molecule has 2 N–H and O–H groups in total. The van der Waals surface area contributed by atoms with E-state index in [1.165, 1.54) is 24.3 Å². The fourth-order valence-electron chi connectivity index (χ4n) is 2.13. The number of hydrogen-bond acceptors (Lipinski definition) is 6. The lowest BCUT2D eigenvalue weighted by Crippen LogP contribution is -2.21. The summed E-state index contributed by atoms with van der Waals surface area (Å²) in [7, 11) is 0. The second-order valence-electron chi connectivity index (χ2n) is 5.71. The SMILES string of the molecule is CCCCOC(=O)c1ccc(NC(=O)COC(=O)c2ccccc2O)cc1. The van der Waals surface area contributed by atoms with Crippen molar-refractivity contribution in [2.24, 2.45) is 0 Å². The summed E-state index contributed by atoms with van der Waals surface area (Å²) < 4.78 is 9.98. The topological polar surface area (TPSA) is 102 Å². The average molecular weight is 371 g/mol. The summed E-state index contributed by atoms with van der Waals surface area (Å²) in [5.41, 5.74) is 0.815. The maximum Gasteiger partial charge on any atom is 0.342 e. The van der Waals surface area contributed by atoms with Gasteiger partial charge in [-0.1, -0.05) is 25.5 Å². The minimum Gasteiger partial charge on any atom is -0.507 e. The highest BCUT2D eigenvalue weighted by Gasteiger charge is 2.14. The molecule has 0 bridgehead atoms. The zero-order chi connectivity index (χ0) is 19.6. The Labute approximate surface area is 156 Å². The third-order valence-electron chi connectivity index (χ3n) is 3.59. The number of para-hydroxylation sites is 1. The number of carbonyl (C=O) groups excluding carboxylic acids is 3. The summed E-state index contributed by atoms with van der Waals surface area (Å²) in [4.78, 5) is 35.5. The minimum absolute atomic E-state index is 0.0174. The van der Waals surface area contributed by atoms with Crippen LogP contribution in [0.25, 0.3) is 0 Å². The largest absolute Gasteiger partial charge is 0.507 e. The Bertz CT molecular complexity index is 800. The van der Waals surface area contributed by atoms with Crippen molar-refractivity contribution in [2.45, 2.75) is 19.8 Å². The Balaban J connectivity index is 1.82. The van der Waals surface area contributed by atoms with E-state index < -0.39 is 24.5 Å². The van der Waals surface area contributed by atoms with Crippen molar-refractivity contribution in [1.82, 2.24) is 0 Å². The third kappa shape index (κ3) is 6.14. The van der Waals surface area contributed by atoms with Crippen LogP contribution >= 0.6 is 0 Å². The number of aromatic hydroxyl groups is 1. The molecular weight excluding hydrogens is 350 g/mol. The van der Waals surface area contributed by atoms with Gasteiger partial charge in [-0.3, -0.25) is 4.79 Å². The first-order chi connectivity index (χ1) is 13.0. The van der Waals surface area contributed by atoms with Crippen LogP contribution in [0.2, 0.25) is 0 Å². The monoisotopic (exact) mass is 371 g/mol. The summed E-state index contributed by atoms with van der Waals surface area (Å²) in [5, 5.41) is 12.1. The predicted molar refractivity (Wildman–Crippen MR) is 98.7 cm³/mol. The molecule has 0 aliphatic carbocycles. The molecule has 2 aromatic rings. The molecule has 1 amide bonds. The second-order valence-corrected chi connectivity index (χ2v) is 5.71. The standard InChI is InChI=1S/C20H21NO6/c1-2-3-12-26-19(24)14-8-10-15(11-9-14)21-18(23)13-27-20(25)16-6-4-5-7-17(16)22/h4-11,22H,2-3,12-13H2,1H3,(H,21,23). The zero-order valence-corrected chi connectivity index (χ0v) is 14.9. The summed E-state index contributed by atoms with van der Waals surface area (Å²) in [6.07, 6.45) is 1.74. The van der Waals surface area contributed by atoms with E-state index in [-0.39, 0.29) is 11.3 Å². The van der Waals surface area contributed by atoms with Gasteiger partial charge < -0.3 is 19.9 Å². The number of amides is 1. The van der Waals surface area contributed by atoms with E-state index in [0.29, 0.717) is 17.9 Å². The van der Waals surface area contributed by atoms with Crippen LogP contribution in [0.4, 0.5) is 5.69 Å². The van der Waals surface area contributed by atoms with E-state index in [4.69, 9.17) is 9.47 Å². The number of hydrogen-bond donors (Lipinski definition) is 2. The van der Waals surface area contributed by atoms with Gasteiger partial charge in [0, 0.05) is 5.69 Å². The van der Waals surface area contributed by atoms with Crippen LogP contribution in [-0.2, 0) is 14.3 Å². The van der Waals surface area contributed by atoms with E-state index in [9.17, 15) is 19.5 Å². The van der Waals surface area contributed by atoms with Gasteiger partial charge in [0.05, 0.1) is 12.2 Å². The number of phenols is 1. The van der Waals surface area contributed by atoms with Gasteiger partial charge in [-0.15, -0.1) is 0 Å². The van der Waals surface area contributed by atoms with Gasteiger partial charge in [-0.25, -0.2) is 9.59 Å². The van der Waals surface area contributed by atoms with Crippen LogP contribution in [0.5, 0.6) is 5.75 Å². The van der Waals surface area contributed by atoms with Crippen LogP contribution in [0.15, 0.2) is 48.5 Å². The van der Waals surface area contributed by atoms with E-state index in [0.717, 1.165) is 12.8 Å². The van der Waals surface area contributed by atoms with E-state index >= 15 is 0 Å². The average Bonchev–Trinajstić information content (AvgIpc) is 2.67. The van der Waals surface area contributed by atoms with E-state index in [1.54, 1.807) is 24.3 Å². The molecule has 142 valence electrons. The molecule has 0 aliphatic rings. The van der Waals surface area contributed by atoms with Gasteiger partial charge in [-0.2, -0.15) is 0 Å². The number of anilines is 1. The molecule has 0 unspecified atom stereocenters. The molecule has 7 nitrogen and oxygen atoms in total. The first-order valence-corrected chi connectivity index (χ1v) is 8.53. The highest BCUT2D eigenvalue weighted by Crippen LogP contribution is 2.16.